The van der Waals surface area contributed by atoms with E-state index in [1.54, 1.807) is 0 Å². The average Bonchev–Trinajstić information content (AvgIpc) is 2.37. The van der Waals surface area contributed by atoms with E-state index < -0.39 is 0 Å². The molecule has 0 amide bonds. The van der Waals surface area contributed by atoms with Crippen molar-refractivity contribution in [3.63, 3.8) is 0 Å². The van der Waals surface area contributed by atoms with Crippen LogP contribution < -0.4 is 11.1 Å². The van der Waals surface area contributed by atoms with Crippen molar-refractivity contribution in [2.45, 2.75) is 64.8 Å². The Morgan fingerprint density at radius 3 is 2.45 bits per heavy atom. The van der Waals surface area contributed by atoms with Gasteiger partial charge in [0.2, 0.25) is 0 Å². The molecule has 0 saturated carbocycles. The highest BCUT2D eigenvalue weighted by Crippen LogP contribution is 2.25. The minimum atomic E-state index is -0.0144. The molecule has 2 nitrogen and oxygen atoms in total. The molecule has 1 aromatic carbocycles. The second kappa shape index (κ2) is 8.68. The van der Waals surface area contributed by atoms with Crippen molar-refractivity contribution >= 4 is 21.6 Å². The third-order valence-corrected chi connectivity index (χ3v) is 4.23. The van der Waals surface area contributed by atoms with Crippen molar-refractivity contribution in [1.29, 1.82) is 0 Å². The molecule has 1 unspecified atom stereocenters. The Balaban J connectivity index is 2.55. The summed E-state index contributed by atoms with van der Waals surface area (Å²) >= 11 is 3.55. The van der Waals surface area contributed by atoms with Gasteiger partial charge in [-0.25, -0.2) is 0 Å². The third kappa shape index (κ3) is 6.27. The molecule has 0 spiro atoms. The van der Waals surface area contributed by atoms with Gasteiger partial charge in [-0.1, -0.05) is 55.0 Å². The van der Waals surface area contributed by atoms with Crippen LogP contribution in [0.25, 0.3) is 0 Å². The summed E-state index contributed by atoms with van der Waals surface area (Å²) in [6.07, 6.45) is 7.66. The summed E-state index contributed by atoms with van der Waals surface area (Å²) in [5, 5.41) is 3.62. The van der Waals surface area contributed by atoms with E-state index in [2.05, 4.69) is 60.2 Å². The van der Waals surface area contributed by atoms with Gasteiger partial charge < -0.3 is 11.1 Å². The van der Waals surface area contributed by atoms with Crippen LogP contribution in [0.4, 0.5) is 5.69 Å². The van der Waals surface area contributed by atoms with Gasteiger partial charge in [0.1, 0.15) is 0 Å². The highest BCUT2D eigenvalue weighted by atomic mass is 79.9. The first-order chi connectivity index (χ1) is 9.49. The molecule has 1 aromatic rings. The normalized spacial score (nSPS) is 14.1. The number of benzene rings is 1. The van der Waals surface area contributed by atoms with Crippen molar-refractivity contribution in [1.82, 2.24) is 0 Å². The fraction of sp³-hybridized carbons (Fsp3) is 0.647. The van der Waals surface area contributed by atoms with E-state index in [0.29, 0.717) is 6.54 Å². The summed E-state index contributed by atoms with van der Waals surface area (Å²) in [6.45, 7) is 7.25. The Bertz CT molecular complexity index is 386. The van der Waals surface area contributed by atoms with Crippen LogP contribution in [-0.2, 0) is 0 Å². The molecule has 0 saturated heterocycles. The Morgan fingerprint density at radius 1 is 1.15 bits per heavy atom. The van der Waals surface area contributed by atoms with Crippen LogP contribution >= 0.6 is 15.9 Å². The molecule has 0 aliphatic carbocycles. The molecule has 1 atom stereocenters. The lowest BCUT2D eigenvalue weighted by Crippen LogP contribution is -2.42. The van der Waals surface area contributed by atoms with E-state index >= 15 is 0 Å². The summed E-state index contributed by atoms with van der Waals surface area (Å²) in [6, 6.07) is 6.42. The molecule has 114 valence electrons. The highest BCUT2D eigenvalue weighted by molar-refractivity contribution is 9.10. The van der Waals surface area contributed by atoms with Crippen molar-refractivity contribution in [2.24, 2.45) is 5.73 Å². The standard InChI is InChI=1S/C17H29BrN2/c1-4-5-6-7-8-9-17(3,13-19)20-16-11-14(2)10-15(18)12-16/h10-12,20H,4-9,13,19H2,1-3H3. The number of hydrogen-bond donors (Lipinski definition) is 2. The van der Waals surface area contributed by atoms with Crippen LogP contribution in [0.2, 0.25) is 0 Å². The molecule has 0 aromatic heterocycles. The van der Waals surface area contributed by atoms with Crippen molar-refractivity contribution < 1.29 is 0 Å². The highest BCUT2D eigenvalue weighted by Gasteiger charge is 2.21. The van der Waals surface area contributed by atoms with Gasteiger partial charge in [0.05, 0.1) is 0 Å². The number of nitrogens with one attached hydrogen (secondary N) is 1. The lowest BCUT2D eigenvalue weighted by atomic mass is 9.93. The molecule has 0 aliphatic rings. The molecule has 0 bridgehead atoms. The van der Waals surface area contributed by atoms with Gasteiger partial charge in [0, 0.05) is 22.2 Å². The van der Waals surface area contributed by atoms with Crippen LogP contribution in [0.15, 0.2) is 22.7 Å². The molecular formula is C17H29BrN2. The molecule has 0 aliphatic heterocycles. The SMILES string of the molecule is CCCCCCCC(C)(CN)Nc1cc(C)cc(Br)c1. The van der Waals surface area contributed by atoms with E-state index in [1.165, 1.54) is 37.7 Å². The quantitative estimate of drug-likeness (QED) is 0.602. The minimum absolute atomic E-state index is 0.0144. The topological polar surface area (TPSA) is 38.0 Å². The first kappa shape index (κ1) is 17.5. The average molecular weight is 341 g/mol. The number of rotatable bonds is 9. The molecule has 0 heterocycles. The van der Waals surface area contributed by atoms with Crippen LogP contribution in [0.3, 0.4) is 0 Å². The first-order valence-corrected chi connectivity index (χ1v) is 8.54. The van der Waals surface area contributed by atoms with Gasteiger partial charge in [-0.2, -0.15) is 0 Å². The van der Waals surface area contributed by atoms with Crippen LogP contribution in [0.1, 0.15) is 57.9 Å². The van der Waals surface area contributed by atoms with Gasteiger partial charge in [-0.3, -0.25) is 0 Å². The molecule has 3 heteroatoms. The fourth-order valence-corrected chi connectivity index (χ4v) is 3.10. The number of nitrogens with two attached hydrogens (primary N) is 1. The van der Waals surface area contributed by atoms with Crippen molar-refractivity contribution in [3.8, 4) is 0 Å². The fourth-order valence-electron chi connectivity index (χ4n) is 2.49. The molecule has 0 fully saturated rings. The van der Waals surface area contributed by atoms with Crippen LogP contribution in [-0.4, -0.2) is 12.1 Å². The summed E-state index contributed by atoms with van der Waals surface area (Å²) in [7, 11) is 0. The Hall–Kier alpha value is -0.540. The number of hydrogen-bond acceptors (Lipinski definition) is 2. The zero-order valence-corrected chi connectivity index (χ0v) is 14.7. The predicted octanol–water partition coefficient (Wildman–Crippen LogP) is 5.25. The molecule has 1 rings (SSSR count). The predicted molar refractivity (Wildman–Crippen MR) is 93.3 cm³/mol. The Labute approximate surface area is 132 Å². The third-order valence-electron chi connectivity index (χ3n) is 3.77. The lowest BCUT2D eigenvalue weighted by molar-refractivity contribution is 0.449. The summed E-state index contributed by atoms with van der Waals surface area (Å²) in [5.41, 5.74) is 8.39. The van der Waals surface area contributed by atoms with E-state index in [0.717, 1.165) is 16.6 Å². The van der Waals surface area contributed by atoms with Gasteiger partial charge >= 0.3 is 0 Å². The Kier molecular flexibility index (Phi) is 7.60. The number of unbranched alkanes of at least 4 members (excludes halogenated alkanes) is 4. The van der Waals surface area contributed by atoms with Crippen LogP contribution in [0, 0.1) is 6.92 Å². The van der Waals surface area contributed by atoms with Gasteiger partial charge in [-0.15, -0.1) is 0 Å². The molecule has 0 radical (unpaired) electrons. The second-order valence-electron chi connectivity index (χ2n) is 6.07. The van der Waals surface area contributed by atoms with E-state index in [1.807, 2.05) is 0 Å². The minimum Gasteiger partial charge on any atom is -0.379 e. The van der Waals surface area contributed by atoms with E-state index in [4.69, 9.17) is 5.73 Å². The number of aryl methyl sites for hydroxylation is 1. The first-order valence-electron chi connectivity index (χ1n) is 7.74. The zero-order chi connectivity index (χ0) is 15.0. The monoisotopic (exact) mass is 340 g/mol. The van der Waals surface area contributed by atoms with Gasteiger partial charge in [0.15, 0.2) is 0 Å². The van der Waals surface area contributed by atoms with E-state index in [-0.39, 0.29) is 5.54 Å². The maximum atomic E-state index is 6.00. The second-order valence-corrected chi connectivity index (χ2v) is 6.99. The molecule has 20 heavy (non-hydrogen) atoms. The van der Waals surface area contributed by atoms with Gasteiger partial charge in [-0.05, 0) is 44.0 Å². The lowest BCUT2D eigenvalue weighted by Gasteiger charge is -2.31. The van der Waals surface area contributed by atoms with Crippen LogP contribution in [0.5, 0.6) is 0 Å². The Morgan fingerprint density at radius 2 is 1.85 bits per heavy atom. The molecule has 3 N–H and O–H groups in total. The van der Waals surface area contributed by atoms with Crippen molar-refractivity contribution in [2.75, 3.05) is 11.9 Å². The number of anilines is 1. The number of halogens is 1. The van der Waals surface area contributed by atoms with E-state index in [9.17, 15) is 0 Å². The smallest absolute Gasteiger partial charge is 0.0467 e. The largest absolute Gasteiger partial charge is 0.379 e. The maximum absolute atomic E-state index is 6.00. The maximum Gasteiger partial charge on any atom is 0.0467 e. The van der Waals surface area contributed by atoms with Gasteiger partial charge in [0.25, 0.3) is 0 Å². The molecular weight excluding hydrogens is 312 g/mol. The van der Waals surface area contributed by atoms with Crippen molar-refractivity contribution in [3.05, 3.63) is 28.2 Å². The zero-order valence-electron chi connectivity index (χ0n) is 13.1. The summed E-state index contributed by atoms with van der Waals surface area (Å²) in [4.78, 5) is 0. The summed E-state index contributed by atoms with van der Waals surface area (Å²) in [5.74, 6) is 0. The summed E-state index contributed by atoms with van der Waals surface area (Å²) < 4.78 is 1.11.